The number of nitrogens with two attached hydrogens (primary N) is 1. The van der Waals surface area contributed by atoms with Crippen LogP contribution in [0.15, 0.2) is 30.9 Å². The molecule has 0 unspecified atom stereocenters. The van der Waals surface area contributed by atoms with Crippen molar-refractivity contribution >= 4 is 17.3 Å². The van der Waals surface area contributed by atoms with E-state index in [4.69, 9.17) is 10.5 Å². The van der Waals surface area contributed by atoms with Gasteiger partial charge in [0.05, 0.1) is 29.7 Å². The Labute approximate surface area is 145 Å². The van der Waals surface area contributed by atoms with E-state index in [1.54, 1.807) is 12.5 Å². The van der Waals surface area contributed by atoms with E-state index in [0.29, 0.717) is 31.0 Å². The molecule has 2 atom stereocenters. The van der Waals surface area contributed by atoms with Crippen molar-refractivity contribution in [3.8, 4) is 0 Å². The van der Waals surface area contributed by atoms with Crippen LogP contribution in [0.1, 0.15) is 36.0 Å². The van der Waals surface area contributed by atoms with Crippen LogP contribution in [0, 0.1) is 5.92 Å². The SMILES string of the molecule is NC(=O)[C@H]1CC[C@@H](C2CCN(C(=O)c3ccc4cncn4c3)CC2)O1. The Morgan fingerprint density at radius 1 is 1.16 bits per heavy atom. The van der Waals surface area contributed by atoms with E-state index in [2.05, 4.69) is 4.98 Å². The van der Waals surface area contributed by atoms with Crippen LogP contribution < -0.4 is 5.73 Å². The molecule has 25 heavy (non-hydrogen) atoms. The molecule has 0 saturated carbocycles. The fourth-order valence-electron chi connectivity index (χ4n) is 3.92. The molecule has 2 aromatic heterocycles. The molecular weight excluding hydrogens is 320 g/mol. The third kappa shape index (κ3) is 3.11. The summed E-state index contributed by atoms with van der Waals surface area (Å²) in [7, 11) is 0. The number of primary amides is 1. The fraction of sp³-hybridized carbons (Fsp3) is 0.500. The second kappa shape index (κ2) is 6.48. The van der Waals surface area contributed by atoms with Crippen LogP contribution in [0.2, 0.25) is 0 Å². The van der Waals surface area contributed by atoms with Gasteiger partial charge in [-0.15, -0.1) is 0 Å². The maximum Gasteiger partial charge on any atom is 0.255 e. The summed E-state index contributed by atoms with van der Waals surface area (Å²) in [6.45, 7) is 1.43. The zero-order valence-electron chi connectivity index (χ0n) is 14.0. The van der Waals surface area contributed by atoms with Gasteiger partial charge < -0.3 is 19.8 Å². The number of nitrogens with zero attached hydrogens (tertiary/aromatic N) is 3. The monoisotopic (exact) mass is 342 g/mol. The zero-order valence-corrected chi connectivity index (χ0v) is 14.0. The Morgan fingerprint density at radius 3 is 2.68 bits per heavy atom. The van der Waals surface area contributed by atoms with E-state index in [0.717, 1.165) is 24.8 Å². The average Bonchev–Trinajstić information content (AvgIpc) is 3.30. The summed E-state index contributed by atoms with van der Waals surface area (Å²) < 4.78 is 7.65. The highest BCUT2D eigenvalue weighted by atomic mass is 16.5. The molecule has 7 heteroatoms. The van der Waals surface area contributed by atoms with Crippen molar-refractivity contribution in [2.45, 2.75) is 37.9 Å². The van der Waals surface area contributed by atoms with E-state index in [9.17, 15) is 9.59 Å². The summed E-state index contributed by atoms with van der Waals surface area (Å²) in [5.41, 5.74) is 6.97. The fourth-order valence-corrected chi connectivity index (χ4v) is 3.92. The smallest absolute Gasteiger partial charge is 0.255 e. The molecular formula is C18H22N4O3. The number of fused-ring (bicyclic) bond motifs is 1. The van der Waals surface area contributed by atoms with Crippen LogP contribution in [-0.4, -0.2) is 51.4 Å². The molecule has 0 bridgehead atoms. The topological polar surface area (TPSA) is 89.9 Å². The highest BCUT2D eigenvalue weighted by molar-refractivity contribution is 5.94. The molecule has 2 aromatic rings. The van der Waals surface area contributed by atoms with Gasteiger partial charge in [0.25, 0.3) is 5.91 Å². The van der Waals surface area contributed by atoms with Crippen LogP contribution in [-0.2, 0) is 9.53 Å². The van der Waals surface area contributed by atoms with Crippen molar-refractivity contribution in [1.82, 2.24) is 14.3 Å². The summed E-state index contributed by atoms with van der Waals surface area (Å²) in [4.78, 5) is 30.0. The number of hydrogen-bond acceptors (Lipinski definition) is 4. The van der Waals surface area contributed by atoms with Gasteiger partial charge >= 0.3 is 0 Å². The summed E-state index contributed by atoms with van der Waals surface area (Å²) >= 11 is 0. The minimum atomic E-state index is -0.438. The molecule has 2 saturated heterocycles. The van der Waals surface area contributed by atoms with E-state index in [1.807, 2.05) is 27.6 Å². The van der Waals surface area contributed by atoms with Gasteiger partial charge in [0, 0.05) is 19.3 Å². The minimum absolute atomic E-state index is 0.0522. The molecule has 0 spiro atoms. The Hall–Kier alpha value is -2.41. The molecule has 4 rings (SSSR count). The van der Waals surface area contributed by atoms with Gasteiger partial charge in [-0.1, -0.05) is 0 Å². The highest BCUT2D eigenvalue weighted by Crippen LogP contribution is 2.32. The lowest BCUT2D eigenvalue weighted by molar-refractivity contribution is -0.130. The number of ether oxygens (including phenoxy) is 1. The molecule has 2 amide bonds. The van der Waals surface area contributed by atoms with Gasteiger partial charge in [-0.3, -0.25) is 9.59 Å². The highest BCUT2D eigenvalue weighted by Gasteiger charge is 2.36. The first-order chi connectivity index (χ1) is 12.1. The van der Waals surface area contributed by atoms with Gasteiger partial charge in [0.2, 0.25) is 5.91 Å². The second-order valence-electron chi connectivity index (χ2n) is 6.92. The van der Waals surface area contributed by atoms with Crippen molar-refractivity contribution in [1.29, 1.82) is 0 Å². The molecule has 2 aliphatic heterocycles. The van der Waals surface area contributed by atoms with Gasteiger partial charge in [0.15, 0.2) is 0 Å². The number of carbonyl (C=O) groups is 2. The lowest BCUT2D eigenvalue weighted by Gasteiger charge is -2.34. The van der Waals surface area contributed by atoms with Crippen LogP contribution in [0.4, 0.5) is 0 Å². The maximum atomic E-state index is 12.7. The van der Waals surface area contributed by atoms with E-state index < -0.39 is 6.10 Å². The Bertz CT molecular complexity index is 794. The number of pyridine rings is 1. The summed E-state index contributed by atoms with van der Waals surface area (Å²) in [6.07, 6.45) is 8.33. The first-order valence-electron chi connectivity index (χ1n) is 8.77. The van der Waals surface area contributed by atoms with Crippen LogP contribution in [0.5, 0.6) is 0 Å². The number of piperidine rings is 1. The van der Waals surface area contributed by atoms with Crippen molar-refractivity contribution in [3.05, 3.63) is 36.4 Å². The largest absolute Gasteiger partial charge is 0.367 e. The summed E-state index contributed by atoms with van der Waals surface area (Å²) in [5.74, 6) is 0.0749. The second-order valence-corrected chi connectivity index (χ2v) is 6.92. The lowest BCUT2D eigenvalue weighted by Crippen LogP contribution is -2.41. The molecule has 2 N–H and O–H groups in total. The Balaban J connectivity index is 1.36. The molecule has 0 aliphatic carbocycles. The first kappa shape index (κ1) is 16.1. The Kier molecular flexibility index (Phi) is 4.17. The van der Waals surface area contributed by atoms with Gasteiger partial charge in [-0.05, 0) is 43.7 Å². The van der Waals surface area contributed by atoms with E-state index >= 15 is 0 Å². The van der Waals surface area contributed by atoms with Gasteiger partial charge in [0.1, 0.15) is 6.10 Å². The number of amides is 2. The van der Waals surface area contributed by atoms with Gasteiger partial charge in [-0.2, -0.15) is 0 Å². The predicted octanol–water partition coefficient (Wildman–Crippen LogP) is 1.22. The van der Waals surface area contributed by atoms with Crippen molar-refractivity contribution in [2.24, 2.45) is 11.7 Å². The molecule has 0 radical (unpaired) electrons. The molecule has 0 aromatic carbocycles. The maximum absolute atomic E-state index is 12.7. The standard InChI is InChI=1S/C18H22N4O3/c19-17(23)16-4-3-15(25-16)12-5-7-21(8-6-12)18(24)13-1-2-14-9-20-11-22(14)10-13/h1-2,9-12,15-16H,3-8H2,(H2,19,23)/t15-,16+/m0/s1. The third-order valence-electron chi connectivity index (χ3n) is 5.38. The molecule has 7 nitrogen and oxygen atoms in total. The molecule has 2 aliphatic rings. The molecule has 4 heterocycles. The third-order valence-corrected chi connectivity index (χ3v) is 5.38. The number of carbonyl (C=O) groups excluding carboxylic acids is 2. The van der Waals surface area contributed by atoms with Crippen molar-refractivity contribution in [3.63, 3.8) is 0 Å². The molecule has 2 fully saturated rings. The quantitative estimate of drug-likeness (QED) is 0.908. The summed E-state index contributed by atoms with van der Waals surface area (Å²) in [5, 5.41) is 0. The van der Waals surface area contributed by atoms with E-state index in [1.165, 1.54) is 0 Å². The normalized spacial score (nSPS) is 24.7. The Morgan fingerprint density at radius 2 is 1.96 bits per heavy atom. The van der Waals surface area contributed by atoms with Crippen molar-refractivity contribution < 1.29 is 14.3 Å². The predicted molar refractivity (Wildman–Crippen MR) is 90.9 cm³/mol. The number of likely N-dealkylation sites (tertiary alicyclic amines) is 1. The zero-order chi connectivity index (χ0) is 17.4. The summed E-state index contributed by atoms with van der Waals surface area (Å²) in [6, 6.07) is 3.76. The molecule has 132 valence electrons. The van der Waals surface area contributed by atoms with Crippen LogP contribution in [0.25, 0.3) is 5.52 Å². The van der Waals surface area contributed by atoms with Crippen LogP contribution in [0.3, 0.4) is 0 Å². The van der Waals surface area contributed by atoms with Gasteiger partial charge in [-0.25, -0.2) is 4.98 Å². The average molecular weight is 342 g/mol. The minimum Gasteiger partial charge on any atom is -0.367 e. The van der Waals surface area contributed by atoms with Crippen LogP contribution >= 0.6 is 0 Å². The number of rotatable bonds is 3. The lowest BCUT2D eigenvalue weighted by atomic mass is 9.89. The number of hydrogen-bond donors (Lipinski definition) is 1. The first-order valence-corrected chi connectivity index (χ1v) is 8.77. The number of aromatic nitrogens is 2. The number of imidazole rings is 1. The van der Waals surface area contributed by atoms with Crippen molar-refractivity contribution in [2.75, 3.05) is 13.1 Å². The van der Waals surface area contributed by atoms with E-state index in [-0.39, 0.29) is 17.9 Å².